The molecule has 0 saturated carbocycles. The maximum absolute atomic E-state index is 9.07. The number of rotatable bonds is 3. The molecule has 1 aromatic carbocycles. The average Bonchev–Trinajstić information content (AvgIpc) is 2.46. The van der Waals surface area contributed by atoms with Crippen molar-refractivity contribution < 1.29 is 0 Å². The van der Waals surface area contributed by atoms with E-state index in [0.29, 0.717) is 24.5 Å². The van der Waals surface area contributed by atoms with E-state index in [-0.39, 0.29) is 0 Å². The van der Waals surface area contributed by atoms with Gasteiger partial charge < -0.3 is 5.73 Å². The smallest absolute Gasteiger partial charge is 0.0991 e. The molecule has 1 aliphatic heterocycles. The molecule has 3 nitrogen and oxygen atoms in total. The summed E-state index contributed by atoms with van der Waals surface area (Å²) >= 11 is 0. The molecule has 2 atom stereocenters. The summed E-state index contributed by atoms with van der Waals surface area (Å²) in [5, 5.41) is 9.07. The second kappa shape index (κ2) is 6.18. The molecule has 1 aromatic rings. The molecule has 1 heterocycles. The highest BCUT2D eigenvalue weighted by atomic mass is 15.2. The van der Waals surface area contributed by atoms with Crippen molar-refractivity contribution in [3.63, 3.8) is 0 Å². The number of hydrogen-bond donors (Lipinski definition) is 1. The van der Waals surface area contributed by atoms with Gasteiger partial charge in [-0.25, -0.2) is 0 Å². The Morgan fingerprint density at radius 3 is 2.89 bits per heavy atom. The maximum atomic E-state index is 9.07. The van der Waals surface area contributed by atoms with E-state index < -0.39 is 0 Å². The molecule has 2 N–H and O–H groups in total. The first-order chi connectivity index (χ1) is 9.17. The van der Waals surface area contributed by atoms with Crippen LogP contribution in [0.25, 0.3) is 0 Å². The highest BCUT2D eigenvalue weighted by Gasteiger charge is 2.33. The van der Waals surface area contributed by atoms with Crippen LogP contribution in [0.1, 0.15) is 43.9 Å². The first-order valence-corrected chi connectivity index (χ1v) is 7.13. The van der Waals surface area contributed by atoms with Crippen LogP contribution in [0, 0.1) is 17.2 Å². The van der Waals surface area contributed by atoms with Gasteiger partial charge in [-0.3, -0.25) is 4.90 Å². The fourth-order valence-corrected chi connectivity index (χ4v) is 3.19. The Kier molecular flexibility index (Phi) is 4.57. The van der Waals surface area contributed by atoms with E-state index in [1.165, 1.54) is 18.4 Å². The topological polar surface area (TPSA) is 53.0 Å². The third kappa shape index (κ3) is 2.97. The predicted molar refractivity (Wildman–Crippen MR) is 77.5 cm³/mol. The zero-order valence-electron chi connectivity index (χ0n) is 11.8. The molecule has 0 radical (unpaired) electrons. The minimum Gasteiger partial charge on any atom is -0.330 e. The summed E-state index contributed by atoms with van der Waals surface area (Å²) in [4.78, 5) is 2.53. The van der Waals surface area contributed by atoms with E-state index in [1.807, 2.05) is 18.2 Å². The number of benzene rings is 1. The Morgan fingerprint density at radius 1 is 1.47 bits per heavy atom. The number of hydrogen-bond acceptors (Lipinski definition) is 3. The summed E-state index contributed by atoms with van der Waals surface area (Å²) in [6.07, 6.45) is 2.40. The number of nitrogens with two attached hydrogens (primary N) is 1. The van der Waals surface area contributed by atoms with E-state index in [2.05, 4.69) is 30.9 Å². The lowest BCUT2D eigenvalue weighted by molar-refractivity contribution is 0.0665. The van der Waals surface area contributed by atoms with Crippen LogP contribution in [-0.4, -0.2) is 24.0 Å². The molecule has 0 amide bonds. The summed E-state index contributed by atoms with van der Waals surface area (Å²) in [7, 11) is 0. The monoisotopic (exact) mass is 257 g/mol. The second-order valence-corrected chi connectivity index (χ2v) is 5.65. The Hall–Kier alpha value is -1.37. The van der Waals surface area contributed by atoms with Crippen LogP contribution in [0.3, 0.4) is 0 Å². The predicted octanol–water partition coefficient (Wildman–Crippen LogP) is 2.68. The molecular weight excluding hydrogens is 234 g/mol. The minimum atomic E-state index is 0.354. The third-order valence-electron chi connectivity index (χ3n) is 4.12. The molecule has 1 saturated heterocycles. The van der Waals surface area contributed by atoms with Gasteiger partial charge in [-0.2, -0.15) is 5.26 Å². The fraction of sp³-hybridized carbons (Fsp3) is 0.562. The molecule has 2 unspecified atom stereocenters. The van der Waals surface area contributed by atoms with Crippen LogP contribution < -0.4 is 5.73 Å². The van der Waals surface area contributed by atoms with Crippen molar-refractivity contribution >= 4 is 0 Å². The van der Waals surface area contributed by atoms with Crippen molar-refractivity contribution in [1.82, 2.24) is 4.90 Å². The Bertz CT molecular complexity index is 461. The highest BCUT2D eigenvalue weighted by molar-refractivity contribution is 5.34. The molecule has 0 spiro atoms. The number of piperidine rings is 1. The van der Waals surface area contributed by atoms with E-state index >= 15 is 0 Å². The van der Waals surface area contributed by atoms with Crippen molar-refractivity contribution in [2.75, 3.05) is 13.1 Å². The third-order valence-corrected chi connectivity index (χ3v) is 4.12. The summed E-state index contributed by atoms with van der Waals surface area (Å²) < 4.78 is 0. The first-order valence-electron chi connectivity index (χ1n) is 7.13. The summed E-state index contributed by atoms with van der Waals surface area (Å²) in [6, 6.07) is 11.1. The van der Waals surface area contributed by atoms with Crippen molar-refractivity contribution in [3.8, 4) is 6.07 Å². The van der Waals surface area contributed by atoms with Gasteiger partial charge in [0.25, 0.3) is 0 Å². The van der Waals surface area contributed by atoms with Crippen LogP contribution in [-0.2, 0) is 0 Å². The second-order valence-electron chi connectivity index (χ2n) is 5.65. The van der Waals surface area contributed by atoms with Crippen LogP contribution in [0.2, 0.25) is 0 Å². The minimum absolute atomic E-state index is 0.354. The van der Waals surface area contributed by atoms with Gasteiger partial charge in [0.15, 0.2) is 0 Å². The van der Waals surface area contributed by atoms with Gasteiger partial charge in [0.05, 0.1) is 11.6 Å². The molecule has 0 aliphatic carbocycles. The van der Waals surface area contributed by atoms with Crippen LogP contribution in [0.15, 0.2) is 24.3 Å². The molecule has 2 rings (SSSR count). The Balaban J connectivity index is 2.37. The standard InChI is InChI=1S/C16H23N3/c1-12(2)19-8-4-7-15(11-18)16(19)14-6-3-5-13(9-14)10-17/h3,5-6,9,12,15-16H,4,7-8,11,18H2,1-2H3. The van der Waals surface area contributed by atoms with E-state index in [4.69, 9.17) is 11.0 Å². The molecule has 0 aromatic heterocycles. The lowest BCUT2D eigenvalue weighted by Crippen LogP contribution is -2.44. The highest BCUT2D eigenvalue weighted by Crippen LogP contribution is 2.36. The number of nitrogens with zero attached hydrogens (tertiary/aromatic N) is 2. The molecular formula is C16H23N3. The van der Waals surface area contributed by atoms with Gasteiger partial charge in [-0.15, -0.1) is 0 Å². The Morgan fingerprint density at radius 2 is 2.26 bits per heavy atom. The summed E-state index contributed by atoms with van der Waals surface area (Å²) in [6.45, 7) is 6.31. The van der Waals surface area contributed by atoms with Crippen LogP contribution in [0.5, 0.6) is 0 Å². The van der Waals surface area contributed by atoms with Crippen molar-refractivity contribution in [1.29, 1.82) is 5.26 Å². The number of likely N-dealkylation sites (tertiary alicyclic amines) is 1. The van der Waals surface area contributed by atoms with Crippen LogP contribution >= 0.6 is 0 Å². The zero-order valence-corrected chi connectivity index (χ0v) is 11.8. The SMILES string of the molecule is CC(C)N1CCCC(CN)C1c1cccc(C#N)c1. The van der Waals surface area contributed by atoms with Gasteiger partial charge in [0.1, 0.15) is 0 Å². The lowest BCUT2D eigenvalue weighted by Gasteiger charge is -2.43. The van der Waals surface area contributed by atoms with Gasteiger partial charge >= 0.3 is 0 Å². The van der Waals surface area contributed by atoms with Gasteiger partial charge in [0.2, 0.25) is 0 Å². The largest absolute Gasteiger partial charge is 0.330 e. The van der Waals surface area contributed by atoms with Crippen molar-refractivity contribution in [3.05, 3.63) is 35.4 Å². The fourth-order valence-electron chi connectivity index (χ4n) is 3.19. The molecule has 1 aliphatic rings. The molecule has 19 heavy (non-hydrogen) atoms. The van der Waals surface area contributed by atoms with Crippen molar-refractivity contribution in [2.45, 2.75) is 38.8 Å². The van der Waals surface area contributed by atoms with Gasteiger partial charge in [-0.1, -0.05) is 12.1 Å². The first kappa shape index (κ1) is 14.0. The van der Waals surface area contributed by atoms with Crippen LogP contribution in [0.4, 0.5) is 0 Å². The molecule has 3 heteroatoms. The Labute approximate surface area is 116 Å². The summed E-state index contributed by atoms with van der Waals surface area (Å²) in [5.74, 6) is 0.491. The number of nitriles is 1. The average molecular weight is 257 g/mol. The van der Waals surface area contributed by atoms with E-state index in [1.54, 1.807) is 0 Å². The van der Waals surface area contributed by atoms with Gasteiger partial charge in [0, 0.05) is 12.1 Å². The quantitative estimate of drug-likeness (QED) is 0.905. The lowest BCUT2D eigenvalue weighted by atomic mass is 9.83. The normalized spacial score (nSPS) is 24.4. The van der Waals surface area contributed by atoms with E-state index in [0.717, 1.165) is 12.1 Å². The van der Waals surface area contributed by atoms with E-state index in [9.17, 15) is 0 Å². The zero-order chi connectivity index (χ0) is 13.8. The van der Waals surface area contributed by atoms with Gasteiger partial charge in [-0.05, 0) is 63.4 Å². The molecule has 0 bridgehead atoms. The maximum Gasteiger partial charge on any atom is 0.0991 e. The summed E-state index contributed by atoms with van der Waals surface area (Å²) in [5.41, 5.74) is 7.95. The molecule has 1 fully saturated rings. The van der Waals surface area contributed by atoms with Crippen molar-refractivity contribution in [2.24, 2.45) is 11.7 Å². The molecule has 102 valence electrons.